The third kappa shape index (κ3) is 2.17. The molecule has 0 aliphatic heterocycles. The maximum Gasteiger partial charge on any atom is 0.134 e. The number of benzene rings is 1. The molecule has 1 atom stereocenters. The third-order valence-electron chi connectivity index (χ3n) is 4.77. The predicted molar refractivity (Wildman–Crippen MR) is 79.3 cm³/mol. The van der Waals surface area contributed by atoms with Gasteiger partial charge in [-0.2, -0.15) is 0 Å². The van der Waals surface area contributed by atoms with Crippen LogP contribution < -0.4 is 5.73 Å². The Balaban J connectivity index is 1.99. The molecule has 3 heteroatoms. The van der Waals surface area contributed by atoms with E-state index in [1.807, 2.05) is 18.2 Å². The molecule has 1 aromatic heterocycles. The van der Waals surface area contributed by atoms with Crippen LogP contribution in [0.3, 0.4) is 0 Å². The summed E-state index contributed by atoms with van der Waals surface area (Å²) in [6.07, 6.45) is 6.11. The van der Waals surface area contributed by atoms with Crippen LogP contribution in [0.1, 0.15) is 50.8 Å². The number of fused-ring (bicyclic) bond motifs is 1. The number of rotatable bonds is 3. The van der Waals surface area contributed by atoms with Gasteiger partial charge < -0.3 is 10.2 Å². The molecule has 1 aliphatic carbocycles. The van der Waals surface area contributed by atoms with E-state index in [4.69, 9.17) is 21.8 Å². The van der Waals surface area contributed by atoms with Crippen LogP contribution in [0.4, 0.5) is 0 Å². The first-order valence-corrected chi connectivity index (χ1v) is 7.47. The van der Waals surface area contributed by atoms with Crippen LogP contribution in [0.2, 0.25) is 5.02 Å². The molecule has 1 saturated carbocycles. The van der Waals surface area contributed by atoms with Crippen LogP contribution in [0.15, 0.2) is 28.7 Å². The molecule has 0 spiro atoms. The Morgan fingerprint density at radius 3 is 2.74 bits per heavy atom. The van der Waals surface area contributed by atoms with Crippen molar-refractivity contribution in [3.8, 4) is 0 Å². The van der Waals surface area contributed by atoms with Gasteiger partial charge in [-0.3, -0.25) is 0 Å². The summed E-state index contributed by atoms with van der Waals surface area (Å²) < 4.78 is 5.94. The molecule has 1 aliphatic rings. The topological polar surface area (TPSA) is 39.2 Å². The van der Waals surface area contributed by atoms with Gasteiger partial charge in [-0.25, -0.2) is 0 Å². The Morgan fingerprint density at radius 1 is 1.32 bits per heavy atom. The van der Waals surface area contributed by atoms with Gasteiger partial charge in [0, 0.05) is 10.4 Å². The molecule has 2 N–H and O–H groups in total. The quantitative estimate of drug-likeness (QED) is 0.852. The monoisotopic (exact) mass is 277 g/mol. The molecule has 0 bridgehead atoms. The Bertz CT molecular complexity index is 583. The molecule has 0 amide bonds. The zero-order valence-electron chi connectivity index (χ0n) is 11.3. The molecule has 0 radical (unpaired) electrons. The fourth-order valence-electron chi connectivity index (χ4n) is 3.45. The number of furan rings is 1. The van der Waals surface area contributed by atoms with E-state index in [9.17, 15) is 0 Å². The lowest BCUT2D eigenvalue weighted by molar-refractivity contribution is 0.202. The number of nitrogens with two attached hydrogens (primary N) is 1. The van der Waals surface area contributed by atoms with Gasteiger partial charge >= 0.3 is 0 Å². The van der Waals surface area contributed by atoms with Crippen molar-refractivity contribution in [3.05, 3.63) is 35.0 Å². The molecule has 1 unspecified atom stereocenters. The lowest BCUT2D eigenvalue weighted by Gasteiger charge is -2.32. The van der Waals surface area contributed by atoms with Crippen LogP contribution in [0, 0.1) is 5.41 Å². The Kier molecular flexibility index (Phi) is 3.32. The van der Waals surface area contributed by atoms with Gasteiger partial charge in [0.1, 0.15) is 11.3 Å². The SMILES string of the molecule is CCC1(C(N)c2cc3cc(Cl)ccc3o2)CCCC1. The minimum atomic E-state index is -0.00817. The second-order valence-corrected chi connectivity index (χ2v) is 6.17. The molecule has 19 heavy (non-hydrogen) atoms. The van der Waals surface area contributed by atoms with Crippen LogP contribution in [-0.4, -0.2) is 0 Å². The minimum absolute atomic E-state index is 0.00817. The zero-order chi connectivity index (χ0) is 13.5. The second-order valence-electron chi connectivity index (χ2n) is 5.73. The molecule has 2 aromatic rings. The van der Waals surface area contributed by atoms with Gasteiger partial charge in [0.05, 0.1) is 6.04 Å². The molecule has 1 fully saturated rings. The largest absolute Gasteiger partial charge is 0.459 e. The summed E-state index contributed by atoms with van der Waals surface area (Å²) in [6, 6.07) is 7.76. The molecular formula is C16H20ClNO. The molecule has 1 heterocycles. The van der Waals surface area contributed by atoms with Crippen LogP contribution in [0.25, 0.3) is 11.0 Å². The average Bonchev–Trinajstić information content (AvgIpc) is 3.04. The highest BCUT2D eigenvalue weighted by molar-refractivity contribution is 6.31. The van der Waals surface area contributed by atoms with Gasteiger partial charge in [-0.05, 0) is 48.9 Å². The molecule has 1 aromatic carbocycles. The van der Waals surface area contributed by atoms with Crippen LogP contribution in [-0.2, 0) is 0 Å². The van der Waals surface area contributed by atoms with Crippen molar-refractivity contribution in [2.45, 2.75) is 45.1 Å². The van der Waals surface area contributed by atoms with E-state index in [-0.39, 0.29) is 11.5 Å². The lowest BCUT2D eigenvalue weighted by atomic mass is 9.75. The highest BCUT2D eigenvalue weighted by atomic mass is 35.5. The number of hydrogen-bond donors (Lipinski definition) is 1. The summed E-state index contributed by atoms with van der Waals surface area (Å²) in [5.74, 6) is 0.904. The first-order valence-electron chi connectivity index (χ1n) is 7.09. The highest BCUT2D eigenvalue weighted by Crippen LogP contribution is 2.49. The van der Waals surface area contributed by atoms with Gasteiger partial charge in [0.2, 0.25) is 0 Å². The van der Waals surface area contributed by atoms with E-state index < -0.39 is 0 Å². The van der Waals surface area contributed by atoms with E-state index in [0.29, 0.717) is 0 Å². The minimum Gasteiger partial charge on any atom is -0.459 e. The van der Waals surface area contributed by atoms with Gasteiger partial charge in [-0.15, -0.1) is 0 Å². The van der Waals surface area contributed by atoms with Crippen molar-refractivity contribution in [2.24, 2.45) is 11.1 Å². The Hall–Kier alpha value is -0.990. The fraction of sp³-hybridized carbons (Fsp3) is 0.500. The Morgan fingerprint density at radius 2 is 2.05 bits per heavy atom. The zero-order valence-corrected chi connectivity index (χ0v) is 12.0. The highest BCUT2D eigenvalue weighted by Gasteiger charge is 2.40. The van der Waals surface area contributed by atoms with E-state index in [2.05, 4.69) is 13.0 Å². The normalized spacial score (nSPS) is 19.9. The van der Waals surface area contributed by atoms with Crippen LogP contribution in [0.5, 0.6) is 0 Å². The van der Waals surface area contributed by atoms with E-state index >= 15 is 0 Å². The standard InChI is InChI=1S/C16H20ClNO/c1-2-16(7-3-4-8-16)15(18)14-10-11-9-12(17)5-6-13(11)19-14/h5-6,9-10,15H,2-4,7-8,18H2,1H3. The molecular weight excluding hydrogens is 258 g/mol. The van der Waals surface area contributed by atoms with Crippen molar-refractivity contribution in [3.63, 3.8) is 0 Å². The van der Waals surface area contributed by atoms with Gasteiger partial charge in [-0.1, -0.05) is 31.4 Å². The summed E-state index contributed by atoms with van der Waals surface area (Å²) in [5.41, 5.74) is 7.62. The fourth-order valence-corrected chi connectivity index (χ4v) is 3.63. The molecule has 0 saturated heterocycles. The van der Waals surface area contributed by atoms with Crippen LogP contribution >= 0.6 is 11.6 Å². The number of halogens is 1. The molecule has 3 rings (SSSR count). The maximum atomic E-state index is 6.52. The van der Waals surface area contributed by atoms with E-state index in [0.717, 1.165) is 28.2 Å². The second kappa shape index (κ2) is 4.84. The van der Waals surface area contributed by atoms with Crippen molar-refractivity contribution >= 4 is 22.6 Å². The maximum absolute atomic E-state index is 6.52. The lowest BCUT2D eigenvalue weighted by Crippen LogP contribution is -2.31. The van der Waals surface area contributed by atoms with Crippen molar-refractivity contribution in [2.75, 3.05) is 0 Å². The van der Waals surface area contributed by atoms with E-state index in [1.165, 1.54) is 25.7 Å². The summed E-state index contributed by atoms with van der Waals surface area (Å²) >= 11 is 6.02. The first-order chi connectivity index (χ1) is 9.14. The van der Waals surface area contributed by atoms with Crippen molar-refractivity contribution in [1.82, 2.24) is 0 Å². The van der Waals surface area contributed by atoms with Gasteiger partial charge in [0.25, 0.3) is 0 Å². The van der Waals surface area contributed by atoms with Gasteiger partial charge in [0.15, 0.2) is 0 Å². The summed E-state index contributed by atoms with van der Waals surface area (Å²) in [5, 5.41) is 1.78. The summed E-state index contributed by atoms with van der Waals surface area (Å²) in [7, 11) is 0. The third-order valence-corrected chi connectivity index (χ3v) is 5.00. The van der Waals surface area contributed by atoms with Crippen molar-refractivity contribution in [1.29, 1.82) is 0 Å². The van der Waals surface area contributed by atoms with Crippen molar-refractivity contribution < 1.29 is 4.42 Å². The van der Waals surface area contributed by atoms with E-state index in [1.54, 1.807) is 0 Å². The first kappa shape index (κ1) is 13.0. The summed E-state index contributed by atoms with van der Waals surface area (Å²) in [6.45, 7) is 2.24. The average molecular weight is 278 g/mol. The molecule has 102 valence electrons. The Labute approximate surface area is 118 Å². The smallest absolute Gasteiger partial charge is 0.134 e. The predicted octanol–water partition coefficient (Wildman–Crippen LogP) is 5.06. The molecule has 2 nitrogen and oxygen atoms in total. The summed E-state index contributed by atoms with van der Waals surface area (Å²) in [4.78, 5) is 0. The number of hydrogen-bond acceptors (Lipinski definition) is 2.